The van der Waals surface area contributed by atoms with E-state index in [1.807, 2.05) is 25.3 Å². The van der Waals surface area contributed by atoms with Crippen LogP contribution in [0.5, 0.6) is 5.88 Å². The predicted octanol–water partition coefficient (Wildman–Crippen LogP) is 1.22. The summed E-state index contributed by atoms with van der Waals surface area (Å²) in [6.45, 7) is 2.67. The van der Waals surface area contributed by atoms with Gasteiger partial charge in [0, 0.05) is 36.6 Å². The molecule has 0 aromatic carbocycles. The molecule has 18 heavy (non-hydrogen) atoms. The van der Waals surface area contributed by atoms with E-state index in [4.69, 9.17) is 10.5 Å². The minimum atomic E-state index is 0.0990. The molecule has 2 N–H and O–H groups in total. The molecular weight excluding hydrogens is 228 g/mol. The molecule has 1 unspecified atom stereocenters. The standard InChI is InChI=1S/C13H18N4O/c1-10(14)8-12-15-6-7-17(12)9-11-4-3-5-16-13(11)18-2/h3-7,10H,8-9,14H2,1-2H3. The van der Waals surface area contributed by atoms with E-state index >= 15 is 0 Å². The monoisotopic (exact) mass is 246 g/mol. The third-order valence-corrected chi connectivity index (χ3v) is 2.69. The van der Waals surface area contributed by atoms with Gasteiger partial charge in [-0.2, -0.15) is 0 Å². The quantitative estimate of drug-likeness (QED) is 0.861. The highest BCUT2D eigenvalue weighted by Gasteiger charge is 2.09. The van der Waals surface area contributed by atoms with Gasteiger partial charge < -0.3 is 15.0 Å². The Hall–Kier alpha value is -1.88. The molecule has 5 heteroatoms. The average Bonchev–Trinajstić information content (AvgIpc) is 2.76. The van der Waals surface area contributed by atoms with Crippen LogP contribution in [-0.2, 0) is 13.0 Å². The van der Waals surface area contributed by atoms with Gasteiger partial charge in [-0.25, -0.2) is 9.97 Å². The minimum absolute atomic E-state index is 0.0990. The molecule has 5 nitrogen and oxygen atoms in total. The topological polar surface area (TPSA) is 66.0 Å². The van der Waals surface area contributed by atoms with Crippen LogP contribution in [0.2, 0.25) is 0 Å². The SMILES string of the molecule is COc1ncccc1Cn1ccnc1CC(C)N. The van der Waals surface area contributed by atoms with Gasteiger partial charge in [0.25, 0.3) is 0 Å². The molecule has 96 valence electrons. The molecule has 0 saturated heterocycles. The molecule has 1 atom stereocenters. The fourth-order valence-corrected chi connectivity index (χ4v) is 1.87. The molecule has 0 radical (unpaired) electrons. The van der Waals surface area contributed by atoms with Crippen molar-refractivity contribution in [2.24, 2.45) is 5.73 Å². The molecule has 0 spiro atoms. The molecule has 0 amide bonds. The molecule has 2 rings (SSSR count). The molecule has 2 heterocycles. The number of rotatable bonds is 5. The van der Waals surface area contributed by atoms with E-state index in [-0.39, 0.29) is 6.04 Å². The molecule has 0 aliphatic carbocycles. The third-order valence-electron chi connectivity index (χ3n) is 2.69. The summed E-state index contributed by atoms with van der Waals surface area (Å²) in [6, 6.07) is 4.00. The zero-order valence-electron chi connectivity index (χ0n) is 10.7. The summed E-state index contributed by atoms with van der Waals surface area (Å²) in [5.74, 6) is 1.63. The number of nitrogens with two attached hydrogens (primary N) is 1. The van der Waals surface area contributed by atoms with Crippen molar-refractivity contribution in [3.05, 3.63) is 42.1 Å². The first-order chi connectivity index (χ1) is 8.70. The summed E-state index contributed by atoms with van der Waals surface area (Å²) in [5.41, 5.74) is 6.84. The molecule has 0 saturated carbocycles. The number of ether oxygens (including phenoxy) is 1. The predicted molar refractivity (Wildman–Crippen MR) is 69.5 cm³/mol. The second-order valence-corrected chi connectivity index (χ2v) is 4.32. The van der Waals surface area contributed by atoms with Crippen LogP contribution in [-0.4, -0.2) is 27.7 Å². The van der Waals surface area contributed by atoms with Gasteiger partial charge in [-0.15, -0.1) is 0 Å². The van der Waals surface area contributed by atoms with Crippen molar-refractivity contribution in [1.82, 2.24) is 14.5 Å². The number of hydrogen-bond donors (Lipinski definition) is 1. The minimum Gasteiger partial charge on any atom is -0.481 e. The second kappa shape index (κ2) is 5.64. The highest BCUT2D eigenvalue weighted by atomic mass is 16.5. The van der Waals surface area contributed by atoms with E-state index in [1.54, 1.807) is 19.5 Å². The van der Waals surface area contributed by atoms with Gasteiger partial charge in [0.2, 0.25) is 5.88 Å². The second-order valence-electron chi connectivity index (χ2n) is 4.32. The third kappa shape index (κ3) is 2.87. The Kier molecular flexibility index (Phi) is 3.94. The lowest BCUT2D eigenvalue weighted by molar-refractivity contribution is 0.391. The van der Waals surface area contributed by atoms with Gasteiger partial charge >= 0.3 is 0 Å². The van der Waals surface area contributed by atoms with Crippen molar-refractivity contribution in [2.75, 3.05) is 7.11 Å². The summed E-state index contributed by atoms with van der Waals surface area (Å²) < 4.78 is 7.32. The van der Waals surface area contributed by atoms with E-state index in [9.17, 15) is 0 Å². The maximum atomic E-state index is 5.81. The maximum absolute atomic E-state index is 5.81. The van der Waals surface area contributed by atoms with Crippen LogP contribution in [0.3, 0.4) is 0 Å². The fraction of sp³-hybridized carbons (Fsp3) is 0.385. The summed E-state index contributed by atoms with van der Waals surface area (Å²) >= 11 is 0. The van der Waals surface area contributed by atoms with Crippen LogP contribution >= 0.6 is 0 Å². The average molecular weight is 246 g/mol. The fourth-order valence-electron chi connectivity index (χ4n) is 1.87. The van der Waals surface area contributed by atoms with E-state index in [0.717, 1.165) is 17.8 Å². The van der Waals surface area contributed by atoms with Crippen LogP contribution in [0.1, 0.15) is 18.3 Å². The Morgan fingerprint density at radius 3 is 2.94 bits per heavy atom. The van der Waals surface area contributed by atoms with Gasteiger partial charge in [0.1, 0.15) is 5.82 Å². The molecule has 0 bridgehead atoms. The summed E-state index contributed by atoms with van der Waals surface area (Å²) in [7, 11) is 1.63. The molecule has 0 aliphatic heterocycles. The first-order valence-electron chi connectivity index (χ1n) is 5.94. The number of hydrogen-bond acceptors (Lipinski definition) is 4. The highest BCUT2D eigenvalue weighted by Crippen LogP contribution is 2.16. The maximum Gasteiger partial charge on any atom is 0.218 e. The molecule has 0 fully saturated rings. The van der Waals surface area contributed by atoms with Gasteiger partial charge in [-0.05, 0) is 13.0 Å². The smallest absolute Gasteiger partial charge is 0.218 e. The number of aromatic nitrogens is 3. The normalized spacial score (nSPS) is 12.4. The van der Waals surface area contributed by atoms with Gasteiger partial charge in [-0.1, -0.05) is 6.07 Å². The number of nitrogens with zero attached hydrogens (tertiary/aromatic N) is 3. The van der Waals surface area contributed by atoms with E-state index < -0.39 is 0 Å². The molecule has 2 aromatic heterocycles. The van der Waals surface area contributed by atoms with Crippen LogP contribution in [0, 0.1) is 0 Å². The van der Waals surface area contributed by atoms with Crippen molar-refractivity contribution in [3.8, 4) is 5.88 Å². The lowest BCUT2D eigenvalue weighted by Gasteiger charge is -2.11. The Morgan fingerprint density at radius 2 is 2.22 bits per heavy atom. The van der Waals surface area contributed by atoms with Crippen molar-refractivity contribution in [1.29, 1.82) is 0 Å². The number of pyridine rings is 1. The van der Waals surface area contributed by atoms with Crippen molar-refractivity contribution in [3.63, 3.8) is 0 Å². The van der Waals surface area contributed by atoms with Crippen LogP contribution < -0.4 is 10.5 Å². The largest absolute Gasteiger partial charge is 0.481 e. The van der Waals surface area contributed by atoms with E-state index in [0.29, 0.717) is 12.4 Å². The molecular formula is C13H18N4O. The van der Waals surface area contributed by atoms with E-state index in [1.165, 1.54) is 0 Å². The first-order valence-corrected chi connectivity index (χ1v) is 5.94. The lowest BCUT2D eigenvalue weighted by Crippen LogP contribution is -2.20. The number of imidazole rings is 1. The summed E-state index contributed by atoms with van der Waals surface area (Å²) in [6.07, 6.45) is 6.22. The van der Waals surface area contributed by atoms with Gasteiger partial charge in [0.15, 0.2) is 0 Å². The first kappa shape index (κ1) is 12.6. The summed E-state index contributed by atoms with van der Waals surface area (Å²) in [5, 5.41) is 0. The lowest BCUT2D eigenvalue weighted by atomic mass is 10.2. The Morgan fingerprint density at radius 1 is 1.39 bits per heavy atom. The zero-order chi connectivity index (χ0) is 13.0. The molecule has 0 aliphatic rings. The van der Waals surface area contributed by atoms with Crippen molar-refractivity contribution < 1.29 is 4.74 Å². The Bertz CT molecular complexity index is 507. The van der Waals surface area contributed by atoms with Crippen LogP contribution in [0.15, 0.2) is 30.7 Å². The molecule has 2 aromatic rings. The highest BCUT2D eigenvalue weighted by molar-refractivity contribution is 5.26. The van der Waals surface area contributed by atoms with Crippen molar-refractivity contribution >= 4 is 0 Å². The summed E-state index contributed by atoms with van der Waals surface area (Å²) in [4.78, 5) is 8.52. The number of methoxy groups -OCH3 is 1. The zero-order valence-corrected chi connectivity index (χ0v) is 10.7. The van der Waals surface area contributed by atoms with Crippen LogP contribution in [0.25, 0.3) is 0 Å². The van der Waals surface area contributed by atoms with Crippen LogP contribution in [0.4, 0.5) is 0 Å². The Labute approximate surface area is 107 Å². The Balaban J connectivity index is 2.21. The van der Waals surface area contributed by atoms with E-state index in [2.05, 4.69) is 14.5 Å². The van der Waals surface area contributed by atoms with Gasteiger partial charge in [-0.3, -0.25) is 0 Å². The van der Waals surface area contributed by atoms with Crippen molar-refractivity contribution in [2.45, 2.75) is 25.9 Å². The van der Waals surface area contributed by atoms with Gasteiger partial charge in [0.05, 0.1) is 13.7 Å².